The Morgan fingerprint density at radius 1 is 1.00 bits per heavy atom. The summed E-state index contributed by atoms with van der Waals surface area (Å²) in [5.41, 5.74) is 3.66. The molecule has 1 atom stereocenters. The number of fused-ring (bicyclic) bond motifs is 2. The fourth-order valence-corrected chi connectivity index (χ4v) is 7.80. The third-order valence-electron chi connectivity index (χ3n) is 7.21. The Hall–Kier alpha value is -0.500. The minimum atomic E-state index is -4.33. The summed E-state index contributed by atoms with van der Waals surface area (Å²) < 4.78 is 36.9. The Kier molecular flexibility index (Phi) is 10.9. The minimum Gasteiger partial charge on any atom is -0.748 e. The summed E-state index contributed by atoms with van der Waals surface area (Å²) in [4.78, 5) is 4.71. The van der Waals surface area contributed by atoms with E-state index in [0.29, 0.717) is 13.0 Å². The number of hydrogen-bond acceptors (Lipinski definition) is 5. The third-order valence-corrected chi connectivity index (χ3v) is 9.69. The molecule has 1 unspecified atom stereocenters. The molecule has 0 amide bonds. The number of unbranched alkanes of at least 4 members (excludes halogenated alkanes) is 3. The van der Waals surface area contributed by atoms with Crippen LogP contribution in [0.1, 0.15) is 76.7 Å². The van der Waals surface area contributed by atoms with E-state index in [1.54, 1.807) is 11.8 Å². The van der Waals surface area contributed by atoms with Crippen molar-refractivity contribution in [1.29, 1.82) is 0 Å². The number of nitrogens with zero attached hydrogens (tertiary/aromatic N) is 1. The van der Waals surface area contributed by atoms with Gasteiger partial charge in [-0.2, -0.15) is 0 Å². The van der Waals surface area contributed by atoms with Crippen LogP contribution in [0.5, 0.6) is 0 Å². The van der Waals surface area contributed by atoms with Crippen LogP contribution < -0.4 is 34.5 Å². The van der Waals surface area contributed by atoms with Gasteiger partial charge in [-0.05, 0) is 61.8 Å². The van der Waals surface area contributed by atoms with Crippen molar-refractivity contribution >= 4 is 33.3 Å². The maximum absolute atomic E-state index is 12.3. The van der Waals surface area contributed by atoms with Gasteiger partial charge in [-0.15, -0.1) is 0 Å². The van der Waals surface area contributed by atoms with Crippen LogP contribution in [-0.4, -0.2) is 24.8 Å². The molecule has 4 nitrogen and oxygen atoms in total. The van der Waals surface area contributed by atoms with Gasteiger partial charge >= 0.3 is 29.6 Å². The summed E-state index contributed by atoms with van der Waals surface area (Å²) in [6.45, 7) is 2.78. The van der Waals surface area contributed by atoms with Crippen molar-refractivity contribution in [2.24, 2.45) is 5.92 Å². The molecule has 34 heavy (non-hydrogen) atoms. The molecule has 2 aliphatic rings. The van der Waals surface area contributed by atoms with Crippen molar-refractivity contribution in [3.63, 3.8) is 0 Å². The predicted molar refractivity (Wildman–Crippen MR) is 137 cm³/mol. The normalized spacial score (nSPS) is 16.9. The van der Waals surface area contributed by atoms with Crippen molar-refractivity contribution in [3.8, 4) is 0 Å². The zero-order valence-corrected chi connectivity index (χ0v) is 24.3. The van der Waals surface area contributed by atoms with Crippen LogP contribution in [0.4, 0.5) is 11.4 Å². The number of benzene rings is 2. The second-order valence-corrected chi connectivity index (χ2v) is 12.2. The van der Waals surface area contributed by atoms with E-state index in [2.05, 4.69) is 48.2 Å². The number of hydrogen-bond donors (Lipinski definition) is 0. The predicted octanol–water partition coefficient (Wildman–Crippen LogP) is 4.30. The molecule has 1 aliphatic heterocycles. The fraction of sp³-hybridized carbons (Fsp3) is 0.556. The molecule has 4 rings (SSSR count). The van der Waals surface area contributed by atoms with Crippen LogP contribution in [-0.2, 0) is 16.5 Å². The van der Waals surface area contributed by atoms with Gasteiger partial charge in [0.1, 0.15) is 0 Å². The maximum Gasteiger partial charge on any atom is 1.00 e. The van der Waals surface area contributed by atoms with E-state index in [1.165, 1.54) is 40.3 Å². The zero-order valence-electron chi connectivity index (χ0n) is 20.7. The second-order valence-electron chi connectivity index (χ2n) is 9.51. The minimum absolute atomic E-state index is 0. The molecule has 0 saturated heterocycles. The largest absolute Gasteiger partial charge is 1.00 e. The van der Waals surface area contributed by atoms with E-state index in [9.17, 15) is 13.0 Å². The van der Waals surface area contributed by atoms with Crippen LogP contribution in [0, 0.1) is 5.92 Å². The van der Waals surface area contributed by atoms with Gasteiger partial charge in [0.15, 0.2) is 0 Å². The average molecular weight is 510 g/mol. The molecule has 0 spiro atoms. The van der Waals surface area contributed by atoms with Gasteiger partial charge in [-0.25, -0.2) is 8.42 Å². The van der Waals surface area contributed by atoms with E-state index in [0.717, 1.165) is 50.6 Å². The van der Waals surface area contributed by atoms with Crippen LogP contribution in [0.3, 0.4) is 0 Å². The van der Waals surface area contributed by atoms with Gasteiger partial charge < -0.3 is 9.45 Å². The van der Waals surface area contributed by atoms with Crippen molar-refractivity contribution < 1.29 is 42.5 Å². The van der Waals surface area contributed by atoms with E-state index in [-0.39, 0.29) is 35.5 Å². The van der Waals surface area contributed by atoms with Gasteiger partial charge in [-0.3, -0.25) is 0 Å². The van der Waals surface area contributed by atoms with Gasteiger partial charge in [0.05, 0.1) is 26.7 Å². The van der Waals surface area contributed by atoms with Crippen molar-refractivity contribution in [2.45, 2.75) is 92.6 Å². The smallest absolute Gasteiger partial charge is 0.748 e. The summed E-state index contributed by atoms with van der Waals surface area (Å²) in [5.74, 6) is -0.000539. The first-order valence-electron chi connectivity index (χ1n) is 12.6. The molecule has 1 aliphatic carbocycles. The maximum atomic E-state index is 12.3. The quantitative estimate of drug-likeness (QED) is 0.272. The molecule has 0 N–H and O–H groups in total. The van der Waals surface area contributed by atoms with Crippen LogP contribution in [0.2, 0.25) is 0 Å². The first-order chi connectivity index (χ1) is 16.0. The third kappa shape index (κ3) is 6.83. The van der Waals surface area contributed by atoms with Crippen molar-refractivity contribution in [2.75, 3.05) is 11.4 Å². The van der Waals surface area contributed by atoms with E-state index in [1.807, 2.05) is 6.07 Å². The topological polar surface area (TPSA) is 60.4 Å². The van der Waals surface area contributed by atoms with E-state index >= 15 is 0 Å². The van der Waals surface area contributed by atoms with Gasteiger partial charge in [0, 0.05) is 16.3 Å². The van der Waals surface area contributed by atoms with E-state index < -0.39 is 15.4 Å². The standard InChI is InChI=1S/C27H37NO3S2.Na/c1-2-3-4-6-14-22-15-11-18-25-27(22)28(23-16-9-10-17-24(23)32-25)20-19-26(33(29,30)31)21-12-7-5-8-13-21;/h9-11,15-18,21,26H,2-8,12-14,19-20H2,1H3,(H,29,30,31);/q;+1/p-1. The number of aryl methyl sites for hydroxylation is 1. The molecular weight excluding hydrogens is 473 g/mol. The summed E-state index contributed by atoms with van der Waals surface area (Å²) in [6, 6.07) is 14.9. The van der Waals surface area contributed by atoms with Crippen LogP contribution in [0.25, 0.3) is 0 Å². The van der Waals surface area contributed by atoms with Gasteiger partial charge in [0.25, 0.3) is 0 Å². The SMILES string of the molecule is CCCCCCc1cccc2c1N(CCC(C1CCCCC1)S(=O)(=O)[O-])c1ccccc1S2.[Na+]. The molecule has 2 aromatic carbocycles. The first-order valence-corrected chi connectivity index (χ1v) is 14.9. The number of anilines is 2. The van der Waals surface area contributed by atoms with Gasteiger partial charge in [0.2, 0.25) is 0 Å². The number of para-hydroxylation sites is 2. The van der Waals surface area contributed by atoms with Gasteiger partial charge in [-0.1, -0.05) is 81.5 Å². The summed E-state index contributed by atoms with van der Waals surface area (Å²) >= 11 is 1.79. The molecule has 0 bridgehead atoms. The van der Waals surface area contributed by atoms with Crippen LogP contribution in [0.15, 0.2) is 52.3 Å². The van der Waals surface area contributed by atoms with E-state index in [4.69, 9.17) is 0 Å². The monoisotopic (exact) mass is 509 g/mol. The summed E-state index contributed by atoms with van der Waals surface area (Å²) in [6.07, 6.45) is 11.2. The average Bonchev–Trinajstić information content (AvgIpc) is 2.81. The van der Waals surface area contributed by atoms with Crippen molar-refractivity contribution in [1.82, 2.24) is 0 Å². The molecule has 7 heteroatoms. The number of rotatable bonds is 10. The molecule has 0 aromatic heterocycles. The Labute approximate surface area is 232 Å². The summed E-state index contributed by atoms with van der Waals surface area (Å²) in [5, 5.41) is -0.792. The zero-order chi connectivity index (χ0) is 23.3. The molecular formula is C27H36NNaO3S2. The molecule has 1 saturated carbocycles. The Morgan fingerprint density at radius 3 is 2.47 bits per heavy atom. The summed E-state index contributed by atoms with van der Waals surface area (Å²) in [7, 11) is -4.33. The van der Waals surface area contributed by atoms with Crippen LogP contribution >= 0.6 is 11.8 Å². The molecule has 180 valence electrons. The Bertz CT molecular complexity index is 1040. The molecule has 0 radical (unpaired) electrons. The van der Waals surface area contributed by atoms with Crippen molar-refractivity contribution in [3.05, 3.63) is 48.0 Å². The molecule has 1 fully saturated rings. The Morgan fingerprint density at radius 2 is 1.74 bits per heavy atom. The first kappa shape index (κ1) is 28.1. The molecule has 1 heterocycles. The second kappa shape index (κ2) is 13.2. The Balaban J connectivity index is 0.00000324. The fourth-order valence-electron chi connectivity index (χ4n) is 5.52. The molecule has 2 aromatic rings.